The molecule has 1 heterocycles. The summed E-state index contributed by atoms with van der Waals surface area (Å²) in [5, 5.41) is 11.3. The third-order valence-corrected chi connectivity index (χ3v) is 2.67. The lowest BCUT2D eigenvalue weighted by atomic mass is 10.0. The SMILES string of the molecule is CC(C)[C@@H](NC(=O)c1occc1Br)C(=O)O. The average molecular weight is 290 g/mol. The van der Waals surface area contributed by atoms with E-state index in [9.17, 15) is 9.59 Å². The smallest absolute Gasteiger partial charge is 0.326 e. The fraction of sp³-hybridized carbons (Fsp3) is 0.400. The number of hydrogen-bond donors (Lipinski definition) is 2. The number of carbonyl (C=O) groups is 2. The van der Waals surface area contributed by atoms with Crippen LogP contribution in [0.5, 0.6) is 0 Å². The van der Waals surface area contributed by atoms with Crippen LogP contribution >= 0.6 is 15.9 Å². The molecule has 1 amide bonds. The second kappa shape index (κ2) is 5.16. The van der Waals surface area contributed by atoms with Crippen LogP contribution in [0, 0.1) is 5.92 Å². The van der Waals surface area contributed by atoms with Crippen molar-refractivity contribution >= 4 is 27.8 Å². The quantitative estimate of drug-likeness (QED) is 0.887. The van der Waals surface area contributed by atoms with Gasteiger partial charge in [0.05, 0.1) is 10.7 Å². The Balaban J connectivity index is 2.77. The zero-order valence-corrected chi connectivity index (χ0v) is 10.4. The Hall–Kier alpha value is -1.30. The number of furan rings is 1. The van der Waals surface area contributed by atoms with Crippen molar-refractivity contribution < 1.29 is 19.1 Å². The van der Waals surface area contributed by atoms with Gasteiger partial charge in [0.15, 0.2) is 0 Å². The second-order valence-corrected chi connectivity index (χ2v) is 4.49. The molecular weight excluding hydrogens is 278 g/mol. The Morgan fingerprint density at radius 2 is 2.12 bits per heavy atom. The van der Waals surface area contributed by atoms with Crippen molar-refractivity contribution in [3.05, 3.63) is 22.6 Å². The van der Waals surface area contributed by atoms with Gasteiger partial charge >= 0.3 is 5.97 Å². The predicted molar refractivity (Wildman–Crippen MR) is 60.1 cm³/mol. The predicted octanol–water partition coefficient (Wildman–Crippen LogP) is 1.88. The van der Waals surface area contributed by atoms with Crippen LogP contribution in [0.2, 0.25) is 0 Å². The zero-order valence-electron chi connectivity index (χ0n) is 8.86. The number of amides is 1. The van der Waals surface area contributed by atoms with Gasteiger partial charge in [-0.2, -0.15) is 0 Å². The van der Waals surface area contributed by atoms with Gasteiger partial charge < -0.3 is 14.8 Å². The van der Waals surface area contributed by atoms with Crippen molar-refractivity contribution in [2.45, 2.75) is 19.9 Å². The van der Waals surface area contributed by atoms with Crippen molar-refractivity contribution in [1.29, 1.82) is 0 Å². The van der Waals surface area contributed by atoms with E-state index in [0.717, 1.165) is 0 Å². The van der Waals surface area contributed by atoms with Gasteiger partial charge in [0.1, 0.15) is 6.04 Å². The third-order valence-electron chi connectivity index (χ3n) is 2.04. The minimum absolute atomic E-state index is 0.0758. The van der Waals surface area contributed by atoms with Gasteiger partial charge in [-0.15, -0.1) is 0 Å². The molecule has 0 saturated carbocycles. The van der Waals surface area contributed by atoms with E-state index in [0.29, 0.717) is 4.47 Å². The molecule has 0 unspecified atom stereocenters. The number of hydrogen-bond acceptors (Lipinski definition) is 3. The van der Waals surface area contributed by atoms with E-state index in [-0.39, 0.29) is 11.7 Å². The lowest BCUT2D eigenvalue weighted by molar-refractivity contribution is -0.140. The van der Waals surface area contributed by atoms with E-state index >= 15 is 0 Å². The molecule has 0 aromatic carbocycles. The lowest BCUT2D eigenvalue weighted by Crippen LogP contribution is -2.44. The Morgan fingerprint density at radius 3 is 2.50 bits per heavy atom. The fourth-order valence-corrected chi connectivity index (χ4v) is 1.56. The van der Waals surface area contributed by atoms with Gasteiger partial charge in [-0.1, -0.05) is 13.8 Å². The number of nitrogens with one attached hydrogen (secondary N) is 1. The van der Waals surface area contributed by atoms with Gasteiger partial charge in [0.25, 0.3) is 5.91 Å². The van der Waals surface area contributed by atoms with Crippen molar-refractivity contribution in [3.63, 3.8) is 0 Å². The van der Waals surface area contributed by atoms with Gasteiger partial charge in [0, 0.05) is 0 Å². The van der Waals surface area contributed by atoms with E-state index in [1.807, 2.05) is 0 Å². The van der Waals surface area contributed by atoms with Crippen LogP contribution in [0.25, 0.3) is 0 Å². The molecule has 1 aromatic heterocycles. The molecule has 0 bridgehead atoms. The molecule has 88 valence electrons. The first-order valence-electron chi connectivity index (χ1n) is 4.70. The number of halogens is 1. The highest BCUT2D eigenvalue weighted by atomic mass is 79.9. The van der Waals surface area contributed by atoms with E-state index in [4.69, 9.17) is 9.52 Å². The van der Waals surface area contributed by atoms with E-state index < -0.39 is 17.9 Å². The first-order valence-corrected chi connectivity index (χ1v) is 5.49. The fourth-order valence-electron chi connectivity index (χ4n) is 1.18. The molecule has 0 aliphatic heterocycles. The van der Waals surface area contributed by atoms with E-state index in [2.05, 4.69) is 21.2 Å². The van der Waals surface area contributed by atoms with E-state index in [1.165, 1.54) is 6.26 Å². The molecule has 0 aliphatic carbocycles. The summed E-state index contributed by atoms with van der Waals surface area (Å²) in [7, 11) is 0. The first kappa shape index (κ1) is 12.8. The maximum atomic E-state index is 11.6. The van der Waals surface area contributed by atoms with Crippen molar-refractivity contribution in [2.24, 2.45) is 5.92 Å². The summed E-state index contributed by atoms with van der Waals surface area (Å²) < 4.78 is 5.43. The molecule has 1 aromatic rings. The Kier molecular flexibility index (Phi) is 4.12. The Bertz CT molecular complexity index is 399. The minimum Gasteiger partial charge on any atom is -0.480 e. The maximum absolute atomic E-state index is 11.6. The summed E-state index contributed by atoms with van der Waals surface area (Å²) in [5.41, 5.74) is 0. The monoisotopic (exact) mass is 289 g/mol. The second-order valence-electron chi connectivity index (χ2n) is 3.63. The molecule has 0 saturated heterocycles. The third kappa shape index (κ3) is 2.85. The summed E-state index contributed by atoms with van der Waals surface area (Å²) in [6.07, 6.45) is 1.35. The van der Waals surface area contributed by atoms with Crippen LogP contribution in [-0.2, 0) is 4.79 Å². The first-order chi connectivity index (χ1) is 7.43. The van der Waals surface area contributed by atoms with Gasteiger partial charge in [-0.3, -0.25) is 4.79 Å². The molecule has 0 aliphatic rings. The van der Waals surface area contributed by atoms with Crippen LogP contribution in [0.3, 0.4) is 0 Å². The van der Waals surface area contributed by atoms with Gasteiger partial charge in [0.2, 0.25) is 5.76 Å². The topological polar surface area (TPSA) is 79.5 Å². The number of carboxylic acids is 1. The summed E-state index contributed by atoms with van der Waals surface area (Å²) in [4.78, 5) is 22.5. The van der Waals surface area contributed by atoms with Crippen LogP contribution < -0.4 is 5.32 Å². The molecule has 5 nitrogen and oxygen atoms in total. The molecule has 0 fully saturated rings. The maximum Gasteiger partial charge on any atom is 0.326 e. The highest BCUT2D eigenvalue weighted by molar-refractivity contribution is 9.10. The number of aliphatic carboxylic acids is 1. The molecule has 2 N–H and O–H groups in total. The zero-order chi connectivity index (χ0) is 12.3. The Morgan fingerprint density at radius 1 is 1.50 bits per heavy atom. The minimum atomic E-state index is -1.06. The Labute approximate surface area is 101 Å². The molecule has 1 rings (SSSR count). The summed E-state index contributed by atoms with van der Waals surface area (Å²) in [5.74, 6) is -1.73. The molecular formula is C10H12BrNO4. The van der Waals surface area contributed by atoms with E-state index in [1.54, 1.807) is 19.9 Å². The summed E-state index contributed by atoms with van der Waals surface area (Å²) in [6.45, 7) is 3.44. The van der Waals surface area contributed by atoms with Gasteiger partial charge in [-0.25, -0.2) is 4.79 Å². The summed E-state index contributed by atoms with van der Waals surface area (Å²) in [6, 6.07) is 0.643. The molecule has 6 heteroatoms. The van der Waals surface area contributed by atoms with Gasteiger partial charge in [-0.05, 0) is 27.9 Å². The standard InChI is InChI=1S/C10H12BrNO4/c1-5(2)7(10(14)15)12-9(13)8-6(11)3-4-16-8/h3-5,7H,1-2H3,(H,12,13)(H,14,15)/t7-/m1/s1. The van der Waals surface area contributed by atoms with Crippen LogP contribution in [0.4, 0.5) is 0 Å². The normalized spacial score (nSPS) is 12.5. The highest BCUT2D eigenvalue weighted by Gasteiger charge is 2.25. The van der Waals surface area contributed by atoms with Crippen molar-refractivity contribution in [2.75, 3.05) is 0 Å². The van der Waals surface area contributed by atoms with Crippen LogP contribution in [0.15, 0.2) is 21.2 Å². The van der Waals surface area contributed by atoms with Crippen LogP contribution in [0.1, 0.15) is 24.4 Å². The summed E-state index contributed by atoms with van der Waals surface area (Å²) >= 11 is 3.13. The van der Waals surface area contributed by atoms with Crippen molar-refractivity contribution in [1.82, 2.24) is 5.32 Å². The van der Waals surface area contributed by atoms with Crippen molar-refractivity contribution in [3.8, 4) is 0 Å². The number of rotatable bonds is 4. The molecule has 0 radical (unpaired) electrons. The average Bonchev–Trinajstić information content (AvgIpc) is 2.59. The highest BCUT2D eigenvalue weighted by Crippen LogP contribution is 2.17. The van der Waals surface area contributed by atoms with Crippen LogP contribution in [-0.4, -0.2) is 23.0 Å². The number of carboxylic acid groups (broad SMARTS) is 1. The largest absolute Gasteiger partial charge is 0.480 e. The number of carbonyl (C=O) groups excluding carboxylic acids is 1. The molecule has 1 atom stereocenters. The molecule has 0 spiro atoms. The molecule has 16 heavy (non-hydrogen) atoms. The lowest BCUT2D eigenvalue weighted by Gasteiger charge is -2.17.